The predicted octanol–water partition coefficient (Wildman–Crippen LogP) is 1.62. The Balaban J connectivity index is 2.21. The van der Waals surface area contributed by atoms with Gasteiger partial charge in [0.15, 0.2) is 0 Å². The third kappa shape index (κ3) is 2.93. The number of aromatic nitrogens is 3. The van der Waals surface area contributed by atoms with Gasteiger partial charge in [-0.1, -0.05) is 0 Å². The fraction of sp³-hybridized carbons (Fsp3) is 0.250. The maximum absolute atomic E-state index is 12.0. The van der Waals surface area contributed by atoms with Crippen molar-refractivity contribution in [1.82, 2.24) is 14.3 Å². The first-order valence-electron chi connectivity index (χ1n) is 5.71. The van der Waals surface area contributed by atoms with Crippen LogP contribution in [0.1, 0.15) is 17.3 Å². The highest BCUT2D eigenvalue weighted by Gasteiger charge is 2.10. The highest BCUT2D eigenvalue weighted by Crippen LogP contribution is 2.12. The van der Waals surface area contributed by atoms with Gasteiger partial charge in [-0.25, -0.2) is 0 Å². The summed E-state index contributed by atoms with van der Waals surface area (Å²) in [5.41, 5.74) is 0.867. The van der Waals surface area contributed by atoms with Gasteiger partial charge in [-0.3, -0.25) is 14.3 Å². The second-order valence-electron chi connectivity index (χ2n) is 4.03. The van der Waals surface area contributed by atoms with Gasteiger partial charge in [0.25, 0.3) is 11.5 Å². The number of anilines is 1. The number of hydrogen-bond acceptors (Lipinski definition) is 3. The molecule has 1 amide bonds. The van der Waals surface area contributed by atoms with Crippen LogP contribution in [0.3, 0.4) is 0 Å². The molecule has 0 unspecified atom stereocenters. The van der Waals surface area contributed by atoms with Gasteiger partial charge in [-0.2, -0.15) is 5.10 Å². The van der Waals surface area contributed by atoms with Crippen molar-refractivity contribution in [3.05, 3.63) is 45.0 Å². The fourth-order valence-electron chi connectivity index (χ4n) is 1.60. The molecule has 0 fully saturated rings. The van der Waals surface area contributed by atoms with Crippen molar-refractivity contribution in [3.8, 4) is 0 Å². The Bertz CT molecular complexity index is 648. The van der Waals surface area contributed by atoms with Gasteiger partial charge in [0, 0.05) is 26.0 Å². The van der Waals surface area contributed by atoms with E-state index in [1.54, 1.807) is 30.2 Å². The molecular formula is C12H13BrN4O2. The van der Waals surface area contributed by atoms with Crippen LogP contribution in [-0.2, 0) is 13.6 Å². The molecule has 6 nitrogen and oxygen atoms in total. The largest absolute Gasteiger partial charge is 0.321 e. The maximum atomic E-state index is 12.0. The van der Waals surface area contributed by atoms with Crippen LogP contribution in [0.4, 0.5) is 5.69 Å². The lowest BCUT2D eigenvalue weighted by Gasteiger charge is -2.06. The van der Waals surface area contributed by atoms with Crippen molar-refractivity contribution in [2.24, 2.45) is 7.05 Å². The SMILES string of the molecule is CCn1cc(C(=O)Nc2cc(Br)c(=O)n(C)c2)cn1. The lowest BCUT2D eigenvalue weighted by Crippen LogP contribution is -2.19. The van der Waals surface area contributed by atoms with Crippen LogP contribution in [0.2, 0.25) is 0 Å². The summed E-state index contributed by atoms with van der Waals surface area (Å²) in [5, 5.41) is 6.76. The minimum absolute atomic E-state index is 0.156. The van der Waals surface area contributed by atoms with E-state index in [4.69, 9.17) is 0 Å². The van der Waals surface area contributed by atoms with Crippen LogP contribution in [-0.4, -0.2) is 20.3 Å². The van der Waals surface area contributed by atoms with E-state index in [0.29, 0.717) is 22.3 Å². The van der Waals surface area contributed by atoms with Crippen molar-refractivity contribution in [1.29, 1.82) is 0 Å². The minimum atomic E-state index is -0.259. The third-order valence-corrected chi connectivity index (χ3v) is 3.19. The monoisotopic (exact) mass is 324 g/mol. The van der Waals surface area contributed by atoms with Gasteiger partial charge < -0.3 is 9.88 Å². The van der Waals surface area contributed by atoms with Gasteiger partial charge >= 0.3 is 0 Å². The molecule has 0 aliphatic rings. The van der Waals surface area contributed by atoms with Crippen molar-refractivity contribution < 1.29 is 4.79 Å². The molecule has 19 heavy (non-hydrogen) atoms. The summed E-state index contributed by atoms with van der Waals surface area (Å²) in [5.74, 6) is -0.259. The van der Waals surface area contributed by atoms with Gasteiger partial charge in [0.05, 0.1) is 21.9 Å². The molecule has 7 heteroatoms. The van der Waals surface area contributed by atoms with Crippen LogP contribution in [0.25, 0.3) is 0 Å². The van der Waals surface area contributed by atoms with Crippen molar-refractivity contribution in [2.45, 2.75) is 13.5 Å². The van der Waals surface area contributed by atoms with Crippen molar-refractivity contribution in [3.63, 3.8) is 0 Å². The predicted molar refractivity (Wildman–Crippen MR) is 75.2 cm³/mol. The highest BCUT2D eigenvalue weighted by atomic mass is 79.9. The van der Waals surface area contributed by atoms with Crippen molar-refractivity contribution >= 4 is 27.5 Å². The van der Waals surface area contributed by atoms with Crippen LogP contribution in [0.15, 0.2) is 33.9 Å². The molecule has 0 aliphatic carbocycles. The zero-order valence-corrected chi connectivity index (χ0v) is 12.1. The van der Waals surface area contributed by atoms with E-state index in [-0.39, 0.29) is 11.5 Å². The van der Waals surface area contributed by atoms with Gasteiger partial charge in [-0.05, 0) is 28.9 Å². The van der Waals surface area contributed by atoms with E-state index in [2.05, 4.69) is 26.3 Å². The van der Waals surface area contributed by atoms with E-state index < -0.39 is 0 Å². The summed E-state index contributed by atoms with van der Waals surface area (Å²) in [4.78, 5) is 23.5. The molecule has 0 atom stereocenters. The maximum Gasteiger partial charge on any atom is 0.264 e. The normalized spacial score (nSPS) is 10.5. The van der Waals surface area contributed by atoms with Gasteiger partial charge in [0.1, 0.15) is 0 Å². The molecule has 0 aromatic carbocycles. The first kappa shape index (κ1) is 13.5. The average molecular weight is 325 g/mol. The number of nitrogens with zero attached hydrogens (tertiary/aromatic N) is 3. The Morgan fingerprint density at radius 2 is 2.21 bits per heavy atom. The summed E-state index contributed by atoms with van der Waals surface area (Å²) < 4.78 is 3.47. The van der Waals surface area contributed by atoms with E-state index in [9.17, 15) is 9.59 Å². The van der Waals surface area contributed by atoms with E-state index in [0.717, 1.165) is 0 Å². The number of pyridine rings is 1. The first-order chi connectivity index (χ1) is 9.01. The molecule has 2 rings (SSSR count). The van der Waals surface area contributed by atoms with Crippen LogP contribution in [0.5, 0.6) is 0 Å². The number of rotatable bonds is 3. The zero-order chi connectivity index (χ0) is 14.0. The third-order valence-electron chi connectivity index (χ3n) is 2.62. The number of hydrogen-bond donors (Lipinski definition) is 1. The Labute approximate surface area is 118 Å². The number of nitrogens with one attached hydrogen (secondary N) is 1. The van der Waals surface area contributed by atoms with Gasteiger partial charge in [0.2, 0.25) is 0 Å². The Morgan fingerprint density at radius 1 is 1.47 bits per heavy atom. The van der Waals surface area contributed by atoms with E-state index in [1.165, 1.54) is 10.8 Å². The molecule has 2 aromatic rings. The smallest absolute Gasteiger partial charge is 0.264 e. The summed E-state index contributed by atoms with van der Waals surface area (Å²) in [6, 6.07) is 1.57. The number of halogens is 1. The van der Waals surface area contributed by atoms with Crippen LogP contribution < -0.4 is 10.9 Å². The number of amides is 1. The molecule has 0 saturated carbocycles. The first-order valence-corrected chi connectivity index (χ1v) is 6.50. The Morgan fingerprint density at radius 3 is 2.79 bits per heavy atom. The lowest BCUT2D eigenvalue weighted by molar-refractivity contribution is 0.102. The molecule has 2 aromatic heterocycles. The Hall–Kier alpha value is -1.89. The Kier molecular flexibility index (Phi) is 3.84. The van der Waals surface area contributed by atoms with Crippen LogP contribution >= 0.6 is 15.9 Å². The molecular weight excluding hydrogens is 312 g/mol. The molecule has 1 N–H and O–H groups in total. The quantitative estimate of drug-likeness (QED) is 0.932. The number of aryl methyl sites for hydroxylation is 2. The fourth-order valence-corrected chi connectivity index (χ4v) is 2.12. The second-order valence-corrected chi connectivity index (χ2v) is 4.89. The molecule has 100 valence electrons. The lowest BCUT2D eigenvalue weighted by atomic mass is 10.3. The summed E-state index contributed by atoms with van der Waals surface area (Å²) >= 11 is 3.16. The van der Waals surface area contributed by atoms with Crippen LogP contribution in [0, 0.1) is 0 Å². The number of carbonyl (C=O) groups is 1. The van der Waals surface area contributed by atoms with E-state index >= 15 is 0 Å². The minimum Gasteiger partial charge on any atom is -0.321 e. The van der Waals surface area contributed by atoms with Crippen molar-refractivity contribution in [2.75, 3.05) is 5.32 Å². The highest BCUT2D eigenvalue weighted by molar-refractivity contribution is 9.10. The standard InChI is InChI=1S/C12H13BrN4O2/c1-3-17-6-8(5-14-17)11(18)15-9-4-10(13)12(19)16(2)7-9/h4-7H,3H2,1-2H3,(H,15,18). The molecule has 0 spiro atoms. The topological polar surface area (TPSA) is 68.9 Å². The molecule has 0 saturated heterocycles. The molecule has 2 heterocycles. The molecule has 0 radical (unpaired) electrons. The average Bonchev–Trinajstić information content (AvgIpc) is 2.84. The van der Waals surface area contributed by atoms with E-state index in [1.807, 2.05) is 6.92 Å². The zero-order valence-electron chi connectivity index (χ0n) is 10.6. The molecule has 0 bridgehead atoms. The summed E-state index contributed by atoms with van der Waals surface area (Å²) in [6.45, 7) is 2.65. The van der Waals surface area contributed by atoms with Gasteiger partial charge in [-0.15, -0.1) is 0 Å². The molecule has 0 aliphatic heterocycles. The second kappa shape index (κ2) is 5.40. The summed E-state index contributed by atoms with van der Waals surface area (Å²) in [7, 11) is 1.62. The summed E-state index contributed by atoms with van der Waals surface area (Å²) in [6.07, 6.45) is 4.75. The number of carbonyl (C=O) groups excluding carboxylic acids is 1.